The summed E-state index contributed by atoms with van der Waals surface area (Å²) in [6.45, 7) is 0.885. The first-order valence-corrected chi connectivity index (χ1v) is 11.7. The minimum atomic E-state index is -0.602. The molecule has 2 amide bonds. The first-order valence-electron chi connectivity index (χ1n) is 10.8. The normalized spacial score (nSPS) is 17.9. The first-order chi connectivity index (χ1) is 14.5. The highest BCUT2D eigenvalue weighted by Gasteiger charge is 2.22. The van der Waals surface area contributed by atoms with Gasteiger partial charge in [0, 0.05) is 19.1 Å². The zero-order valence-electron chi connectivity index (χ0n) is 17.1. The monoisotopic (exact) mass is 432 g/mol. The van der Waals surface area contributed by atoms with E-state index in [0.29, 0.717) is 23.3 Å². The number of hydrogen-bond acceptors (Lipinski definition) is 5. The summed E-state index contributed by atoms with van der Waals surface area (Å²) in [6, 6.07) is 1.83. The van der Waals surface area contributed by atoms with E-state index < -0.39 is 11.2 Å². The lowest BCUT2D eigenvalue weighted by Gasteiger charge is -2.27. The Labute approximate surface area is 178 Å². The number of piperidine rings is 1. The van der Waals surface area contributed by atoms with E-state index in [1.165, 1.54) is 22.3 Å². The van der Waals surface area contributed by atoms with Crippen molar-refractivity contribution in [2.75, 3.05) is 13.1 Å². The second-order valence-corrected chi connectivity index (χ2v) is 9.15. The molecule has 1 aliphatic heterocycles. The van der Waals surface area contributed by atoms with Gasteiger partial charge in [0.05, 0.1) is 5.52 Å². The van der Waals surface area contributed by atoms with Gasteiger partial charge in [-0.1, -0.05) is 19.3 Å². The molecule has 0 bridgehead atoms. The Kier molecular flexibility index (Phi) is 6.36. The van der Waals surface area contributed by atoms with Crippen molar-refractivity contribution >= 4 is 33.4 Å². The summed E-state index contributed by atoms with van der Waals surface area (Å²) in [6.07, 6.45) is 8.28. The fourth-order valence-electron chi connectivity index (χ4n) is 4.47. The van der Waals surface area contributed by atoms with Crippen molar-refractivity contribution in [1.82, 2.24) is 19.4 Å². The number of likely N-dealkylation sites (tertiary alicyclic amines) is 1. The van der Waals surface area contributed by atoms with Gasteiger partial charge in [0.2, 0.25) is 11.8 Å². The summed E-state index contributed by atoms with van der Waals surface area (Å²) < 4.78 is 2.71. The van der Waals surface area contributed by atoms with Gasteiger partial charge in [-0.25, -0.2) is 9.36 Å². The van der Waals surface area contributed by atoms with Crippen LogP contribution in [-0.4, -0.2) is 45.0 Å². The lowest BCUT2D eigenvalue weighted by atomic mass is 9.95. The highest BCUT2D eigenvalue weighted by molar-refractivity contribution is 7.17. The fourth-order valence-corrected chi connectivity index (χ4v) is 5.31. The zero-order valence-corrected chi connectivity index (χ0v) is 17.9. The van der Waals surface area contributed by atoms with Crippen LogP contribution < -0.4 is 16.6 Å². The Balaban J connectivity index is 1.60. The van der Waals surface area contributed by atoms with Gasteiger partial charge in [0.1, 0.15) is 17.8 Å². The minimum absolute atomic E-state index is 0.145. The molecule has 1 saturated heterocycles. The molecule has 0 radical (unpaired) electrons. The maximum absolute atomic E-state index is 13.1. The van der Waals surface area contributed by atoms with Crippen molar-refractivity contribution in [3.63, 3.8) is 0 Å². The molecule has 2 aliphatic rings. The number of nitrogens with zero attached hydrogens (tertiary/aromatic N) is 3. The third kappa shape index (κ3) is 4.35. The van der Waals surface area contributed by atoms with Crippen LogP contribution in [-0.2, 0) is 22.7 Å². The highest BCUT2D eigenvalue weighted by Crippen LogP contribution is 2.18. The van der Waals surface area contributed by atoms with E-state index in [-0.39, 0.29) is 30.9 Å². The third-order valence-corrected chi connectivity index (χ3v) is 7.00. The minimum Gasteiger partial charge on any atom is -0.352 e. The molecule has 0 spiro atoms. The summed E-state index contributed by atoms with van der Waals surface area (Å²) in [4.78, 5) is 53.0. The Morgan fingerprint density at radius 1 is 0.967 bits per heavy atom. The van der Waals surface area contributed by atoms with Crippen LogP contribution in [0.25, 0.3) is 10.2 Å². The highest BCUT2D eigenvalue weighted by atomic mass is 32.1. The topological polar surface area (TPSA) is 93.4 Å². The smallest absolute Gasteiger partial charge is 0.332 e. The van der Waals surface area contributed by atoms with Crippen LogP contribution in [0.3, 0.4) is 0 Å². The second-order valence-electron chi connectivity index (χ2n) is 8.24. The Bertz CT molecular complexity index is 1040. The molecule has 2 fully saturated rings. The molecule has 2 aromatic rings. The second kappa shape index (κ2) is 9.16. The van der Waals surface area contributed by atoms with Crippen LogP contribution in [0.2, 0.25) is 0 Å². The Morgan fingerprint density at radius 3 is 2.40 bits per heavy atom. The van der Waals surface area contributed by atoms with Crippen LogP contribution in [0, 0.1) is 0 Å². The molecule has 3 heterocycles. The van der Waals surface area contributed by atoms with Crippen molar-refractivity contribution in [1.29, 1.82) is 0 Å². The zero-order chi connectivity index (χ0) is 21.1. The maximum atomic E-state index is 13.1. The molecular weight excluding hydrogens is 404 g/mol. The van der Waals surface area contributed by atoms with E-state index in [4.69, 9.17) is 0 Å². The number of nitrogens with one attached hydrogen (secondary N) is 1. The molecule has 1 N–H and O–H groups in total. The lowest BCUT2D eigenvalue weighted by molar-refractivity contribution is -0.132. The number of fused-ring (bicyclic) bond motifs is 1. The largest absolute Gasteiger partial charge is 0.352 e. The van der Waals surface area contributed by atoms with Crippen LogP contribution in [0.15, 0.2) is 21.0 Å². The number of aromatic nitrogens is 2. The average molecular weight is 433 g/mol. The van der Waals surface area contributed by atoms with E-state index in [1.54, 1.807) is 16.3 Å². The van der Waals surface area contributed by atoms with Crippen LogP contribution in [0.4, 0.5) is 0 Å². The molecule has 30 heavy (non-hydrogen) atoms. The Morgan fingerprint density at radius 2 is 1.67 bits per heavy atom. The number of rotatable bonds is 5. The van der Waals surface area contributed by atoms with Crippen LogP contribution in [0.5, 0.6) is 0 Å². The summed E-state index contributed by atoms with van der Waals surface area (Å²) in [5, 5.41) is 4.75. The van der Waals surface area contributed by atoms with Gasteiger partial charge in [-0.2, -0.15) is 0 Å². The predicted octanol–water partition coefficient (Wildman–Crippen LogP) is 1.69. The number of carbonyl (C=O) groups is 2. The van der Waals surface area contributed by atoms with Gasteiger partial charge in [0.25, 0.3) is 5.56 Å². The van der Waals surface area contributed by atoms with Gasteiger partial charge in [-0.15, -0.1) is 11.3 Å². The summed E-state index contributed by atoms with van der Waals surface area (Å²) in [7, 11) is 0. The molecule has 8 nitrogen and oxygen atoms in total. The van der Waals surface area contributed by atoms with Crippen molar-refractivity contribution in [3.8, 4) is 0 Å². The van der Waals surface area contributed by atoms with Crippen LogP contribution in [0.1, 0.15) is 51.4 Å². The number of thiophene rings is 1. The molecule has 0 aromatic carbocycles. The number of amides is 2. The number of carbonyl (C=O) groups excluding carboxylic acids is 2. The van der Waals surface area contributed by atoms with Crippen molar-refractivity contribution in [3.05, 3.63) is 32.3 Å². The van der Waals surface area contributed by atoms with E-state index in [9.17, 15) is 19.2 Å². The van der Waals surface area contributed by atoms with Gasteiger partial charge in [-0.3, -0.25) is 19.0 Å². The summed E-state index contributed by atoms with van der Waals surface area (Å²) >= 11 is 1.23. The molecule has 0 atom stereocenters. The first kappa shape index (κ1) is 20.8. The standard InChI is InChI=1S/C21H28N4O4S/c26-17(22-15-7-3-1-4-8-15)13-24-16-9-12-30-19(16)20(28)25(21(24)29)14-18(27)23-10-5-2-6-11-23/h9,12,15H,1-8,10-11,13-14H2,(H,22,26). The van der Waals surface area contributed by atoms with Gasteiger partial charge >= 0.3 is 5.69 Å². The van der Waals surface area contributed by atoms with E-state index >= 15 is 0 Å². The quantitative estimate of drug-likeness (QED) is 0.778. The van der Waals surface area contributed by atoms with E-state index in [0.717, 1.165) is 49.5 Å². The molecular formula is C21H28N4O4S. The molecule has 4 rings (SSSR count). The van der Waals surface area contributed by atoms with Gasteiger partial charge in [0.15, 0.2) is 0 Å². The SMILES string of the molecule is O=C(Cn1c(=O)n(CC(=O)N2CCCCC2)c(=O)c2sccc21)NC1CCCCC1. The maximum Gasteiger partial charge on any atom is 0.332 e. The average Bonchev–Trinajstić information content (AvgIpc) is 3.25. The molecule has 2 aromatic heterocycles. The van der Waals surface area contributed by atoms with E-state index in [2.05, 4.69) is 5.32 Å². The molecule has 1 aliphatic carbocycles. The van der Waals surface area contributed by atoms with Crippen molar-refractivity contribution in [2.24, 2.45) is 0 Å². The predicted molar refractivity (Wildman–Crippen MR) is 116 cm³/mol. The third-order valence-electron chi connectivity index (χ3n) is 6.11. The summed E-state index contributed by atoms with van der Waals surface area (Å²) in [5.74, 6) is -0.452. The van der Waals surface area contributed by atoms with E-state index in [1.807, 2.05) is 0 Å². The fraction of sp³-hybridized carbons (Fsp3) is 0.619. The van der Waals surface area contributed by atoms with Crippen molar-refractivity contribution < 1.29 is 9.59 Å². The van der Waals surface area contributed by atoms with Crippen LogP contribution >= 0.6 is 11.3 Å². The molecule has 9 heteroatoms. The van der Waals surface area contributed by atoms with Crippen molar-refractivity contribution in [2.45, 2.75) is 70.5 Å². The number of hydrogen-bond donors (Lipinski definition) is 1. The molecule has 0 unspecified atom stereocenters. The molecule has 1 saturated carbocycles. The Hall–Kier alpha value is -2.42. The van der Waals surface area contributed by atoms with Gasteiger partial charge < -0.3 is 10.2 Å². The molecule has 162 valence electrons. The summed E-state index contributed by atoms with van der Waals surface area (Å²) in [5.41, 5.74) is -0.607. The lowest BCUT2D eigenvalue weighted by Crippen LogP contribution is -2.47. The van der Waals surface area contributed by atoms with Gasteiger partial charge in [-0.05, 0) is 43.6 Å².